The lowest BCUT2D eigenvalue weighted by molar-refractivity contribution is 0.491. The fraction of sp³-hybridized carbons (Fsp3) is 0.538. The lowest BCUT2D eigenvalue weighted by atomic mass is 10.0. The molecular weight excluding hydrogens is 328 g/mol. The summed E-state index contributed by atoms with van der Waals surface area (Å²) in [5, 5.41) is 0. The molecule has 0 atom stereocenters. The van der Waals surface area contributed by atoms with Crippen molar-refractivity contribution >= 4 is 31.6 Å². The first-order chi connectivity index (χ1) is 8.44. The number of benzene rings is 1. The van der Waals surface area contributed by atoms with Crippen molar-refractivity contribution in [3.05, 3.63) is 22.2 Å². The molecule has 0 aliphatic rings. The van der Waals surface area contributed by atoms with Gasteiger partial charge in [0.1, 0.15) is 0 Å². The van der Waals surface area contributed by atoms with Gasteiger partial charge in [0.05, 0.1) is 4.90 Å². The van der Waals surface area contributed by atoms with Crippen molar-refractivity contribution in [3.8, 4) is 0 Å². The van der Waals surface area contributed by atoms with E-state index in [1.807, 2.05) is 13.8 Å². The van der Waals surface area contributed by atoms with E-state index in [1.165, 1.54) is 6.07 Å². The minimum absolute atomic E-state index is 0.182. The second kappa shape index (κ2) is 5.42. The van der Waals surface area contributed by atoms with Gasteiger partial charge in [0, 0.05) is 15.7 Å². The monoisotopic (exact) mass is 348 g/mol. The lowest BCUT2D eigenvalue weighted by Gasteiger charge is -2.22. The zero-order valence-electron chi connectivity index (χ0n) is 11.9. The summed E-state index contributed by atoms with van der Waals surface area (Å²) in [6.45, 7) is 9.39. The van der Waals surface area contributed by atoms with E-state index in [0.717, 1.165) is 5.56 Å². The highest BCUT2D eigenvalue weighted by Gasteiger charge is 2.26. The number of anilines is 1. The smallest absolute Gasteiger partial charge is 0.242 e. The largest absolute Gasteiger partial charge is 0.399 e. The molecule has 0 radical (unpaired) electrons. The molecule has 0 aliphatic carbocycles. The molecule has 1 rings (SSSR count). The first kappa shape index (κ1) is 16.5. The number of nitrogens with one attached hydrogen (secondary N) is 1. The Morgan fingerprint density at radius 1 is 1.26 bits per heavy atom. The summed E-state index contributed by atoms with van der Waals surface area (Å²) in [5.74, 6) is 0.182. The van der Waals surface area contributed by atoms with E-state index < -0.39 is 15.6 Å². The van der Waals surface area contributed by atoms with E-state index in [1.54, 1.807) is 26.8 Å². The highest BCUT2D eigenvalue weighted by atomic mass is 79.9. The Morgan fingerprint density at radius 3 is 2.21 bits per heavy atom. The minimum Gasteiger partial charge on any atom is -0.399 e. The molecule has 0 aliphatic heterocycles. The molecule has 4 nitrogen and oxygen atoms in total. The summed E-state index contributed by atoms with van der Waals surface area (Å²) in [6, 6.07) is 3.27. The summed E-state index contributed by atoms with van der Waals surface area (Å²) in [6.07, 6.45) is 0. The van der Waals surface area contributed by atoms with Crippen LogP contribution in [0.25, 0.3) is 0 Å². The van der Waals surface area contributed by atoms with Gasteiger partial charge >= 0.3 is 0 Å². The summed E-state index contributed by atoms with van der Waals surface area (Å²) < 4.78 is 28.0. The van der Waals surface area contributed by atoms with E-state index in [0.29, 0.717) is 10.2 Å². The Kier molecular flexibility index (Phi) is 4.70. The van der Waals surface area contributed by atoms with Crippen LogP contribution in [0, 0.1) is 0 Å². The van der Waals surface area contributed by atoms with E-state index in [2.05, 4.69) is 20.7 Å². The van der Waals surface area contributed by atoms with Gasteiger partial charge in [0.15, 0.2) is 0 Å². The lowest BCUT2D eigenvalue weighted by Crippen LogP contribution is -2.40. The van der Waals surface area contributed by atoms with E-state index in [9.17, 15) is 8.42 Å². The van der Waals surface area contributed by atoms with Crippen LogP contribution in [0.4, 0.5) is 5.69 Å². The zero-order chi connectivity index (χ0) is 15.0. The van der Waals surface area contributed by atoms with Crippen LogP contribution in [0.5, 0.6) is 0 Å². The molecule has 108 valence electrons. The van der Waals surface area contributed by atoms with Crippen LogP contribution >= 0.6 is 15.9 Å². The highest BCUT2D eigenvalue weighted by Crippen LogP contribution is 2.33. The van der Waals surface area contributed by atoms with E-state index in [-0.39, 0.29) is 10.8 Å². The second-order valence-electron chi connectivity index (χ2n) is 5.93. The Balaban J connectivity index is 3.43. The number of halogens is 1. The number of nitrogens with two attached hydrogens (primary N) is 1. The summed E-state index contributed by atoms with van der Waals surface area (Å²) in [7, 11) is -3.60. The van der Waals surface area contributed by atoms with Gasteiger partial charge in [-0.05, 0) is 60.3 Å². The first-order valence-corrected chi connectivity index (χ1v) is 8.34. The molecule has 3 N–H and O–H groups in total. The van der Waals surface area contributed by atoms with Crippen molar-refractivity contribution in [1.82, 2.24) is 4.72 Å². The summed E-state index contributed by atoms with van der Waals surface area (Å²) in [4.78, 5) is 0.186. The molecule has 19 heavy (non-hydrogen) atoms. The van der Waals surface area contributed by atoms with Gasteiger partial charge in [-0.1, -0.05) is 13.8 Å². The molecule has 0 amide bonds. The second-order valence-corrected chi connectivity index (χ2v) is 8.38. The van der Waals surface area contributed by atoms with Gasteiger partial charge in [-0.3, -0.25) is 0 Å². The van der Waals surface area contributed by atoms with Crippen molar-refractivity contribution in [1.29, 1.82) is 0 Å². The number of hydrogen-bond acceptors (Lipinski definition) is 3. The molecule has 0 fully saturated rings. The molecule has 0 bridgehead atoms. The van der Waals surface area contributed by atoms with Gasteiger partial charge in [0.2, 0.25) is 10.0 Å². The van der Waals surface area contributed by atoms with Crippen LogP contribution in [-0.4, -0.2) is 14.0 Å². The van der Waals surface area contributed by atoms with E-state index in [4.69, 9.17) is 5.73 Å². The SMILES string of the molecule is CC(C)c1cc(N)cc(S(=O)(=O)NC(C)(C)C)c1Br. The fourth-order valence-electron chi connectivity index (χ4n) is 1.72. The third-order valence-electron chi connectivity index (χ3n) is 2.44. The number of sulfonamides is 1. The minimum atomic E-state index is -3.60. The molecule has 0 unspecified atom stereocenters. The maximum Gasteiger partial charge on any atom is 0.242 e. The predicted molar refractivity (Wildman–Crippen MR) is 82.7 cm³/mol. The third kappa shape index (κ3) is 4.19. The van der Waals surface area contributed by atoms with Gasteiger partial charge in [-0.15, -0.1) is 0 Å². The molecular formula is C13H21BrN2O2S. The van der Waals surface area contributed by atoms with Crippen LogP contribution < -0.4 is 10.5 Å². The molecule has 1 aromatic rings. The Labute approximate surface area is 124 Å². The van der Waals surface area contributed by atoms with Crippen molar-refractivity contribution in [2.75, 3.05) is 5.73 Å². The van der Waals surface area contributed by atoms with Crippen LogP contribution in [0.1, 0.15) is 46.1 Å². The Bertz CT molecular complexity index is 575. The van der Waals surface area contributed by atoms with Gasteiger partial charge < -0.3 is 5.73 Å². The predicted octanol–water partition coefficient (Wildman–Crippen LogP) is 3.23. The number of nitrogen functional groups attached to an aromatic ring is 1. The molecule has 0 saturated carbocycles. The summed E-state index contributed by atoms with van der Waals surface area (Å²) in [5.41, 5.74) is 6.60. The third-order valence-corrected chi connectivity index (χ3v) is 5.37. The average molecular weight is 349 g/mol. The average Bonchev–Trinajstić information content (AvgIpc) is 2.16. The molecule has 6 heteroatoms. The van der Waals surface area contributed by atoms with E-state index >= 15 is 0 Å². The maximum atomic E-state index is 12.4. The number of hydrogen-bond donors (Lipinski definition) is 2. The Hall–Kier alpha value is -0.590. The van der Waals surface area contributed by atoms with Gasteiger partial charge in [-0.25, -0.2) is 13.1 Å². The van der Waals surface area contributed by atoms with Gasteiger partial charge in [0.25, 0.3) is 0 Å². The van der Waals surface area contributed by atoms with Crippen molar-refractivity contribution in [3.63, 3.8) is 0 Å². The van der Waals surface area contributed by atoms with Gasteiger partial charge in [-0.2, -0.15) is 0 Å². The molecule has 1 aromatic carbocycles. The first-order valence-electron chi connectivity index (χ1n) is 6.07. The van der Waals surface area contributed by atoms with Crippen LogP contribution in [-0.2, 0) is 10.0 Å². The molecule has 0 heterocycles. The van der Waals surface area contributed by atoms with Crippen molar-refractivity contribution in [2.24, 2.45) is 0 Å². The van der Waals surface area contributed by atoms with Crippen molar-refractivity contribution in [2.45, 2.75) is 51.0 Å². The van der Waals surface area contributed by atoms with Crippen LogP contribution in [0.2, 0.25) is 0 Å². The zero-order valence-corrected chi connectivity index (χ0v) is 14.3. The quantitative estimate of drug-likeness (QED) is 0.823. The van der Waals surface area contributed by atoms with Crippen molar-refractivity contribution < 1.29 is 8.42 Å². The number of rotatable bonds is 3. The molecule has 0 saturated heterocycles. The Morgan fingerprint density at radius 2 is 1.79 bits per heavy atom. The van der Waals surface area contributed by atoms with Crippen LogP contribution in [0.15, 0.2) is 21.5 Å². The fourth-order valence-corrected chi connectivity index (χ4v) is 4.60. The highest BCUT2D eigenvalue weighted by molar-refractivity contribution is 9.10. The molecule has 0 spiro atoms. The maximum absolute atomic E-state index is 12.4. The van der Waals surface area contributed by atoms with Crippen LogP contribution in [0.3, 0.4) is 0 Å². The summed E-state index contributed by atoms with van der Waals surface area (Å²) >= 11 is 3.38. The standard InChI is InChI=1S/C13H21BrN2O2S/c1-8(2)10-6-9(15)7-11(12(10)14)19(17,18)16-13(3,4)5/h6-8,16H,15H2,1-5H3. The normalized spacial score (nSPS) is 13.0. The molecule has 0 aromatic heterocycles. The topological polar surface area (TPSA) is 72.2 Å².